The summed E-state index contributed by atoms with van der Waals surface area (Å²) in [5.41, 5.74) is -1.48. The monoisotopic (exact) mass is 772 g/mol. The van der Waals surface area contributed by atoms with Crippen LogP contribution in [0.2, 0.25) is 0 Å². The molecule has 7 rings (SSSR count). The summed E-state index contributed by atoms with van der Waals surface area (Å²) in [6.07, 6.45) is -0.535. The zero-order valence-corrected chi connectivity index (χ0v) is 33.9. The lowest BCUT2D eigenvalue weighted by Gasteiger charge is -2.50. The first kappa shape index (κ1) is 40.0. The molecular formula is C43H52N2O11. The summed E-state index contributed by atoms with van der Waals surface area (Å²) in [5, 5.41) is 23.6. The van der Waals surface area contributed by atoms with E-state index in [1.165, 1.54) is 19.1 Å². The number of carbonyl (C=O) groups excluding carboxylic acids is 3. The van der Waals surface area contributed by atoms with Crippen LogP contribution in [0.25, 0.3) is 11.0 Å². The van der Waals surface area contributed by atoms with E-state index in [2.05, 4.69) is 0 Å². The summed E-state index contributed by atoms with van der Waals surface area (Å²) in [7, 11) is 7.45. The molecule has 0 spiro atoms. The maximum atomic E-state index is 15.2. The Balaban J connectivity index is 1.47. The number of hydrogen-bond donors (Lipinski definition) is 2. The van der Waals surface area contributed by atoms with Crippen LogP contribution in [-0.2, 0) is 29.3 Å². The summed E-state index contributed by atoms with van der Waals surface area (Å²) in [4.78, 5) is 60.0. The number of ketones is 2. The number of phenols is 1. The number of aryl methyl sites for hydroxylation is 1. The molecule has 2 unspecified atom stereocenters. The topological polar surface area (TPSA) is 169 Å². The Morgan fingerprint density at radius 2 is 1.62 bits per heavy atom. The predicted molar refractivity (Wildman–Crippen MR) is 206 cm³/mol. The Morgan fingerprint density at radius 1 is 0.946 bits per heavy atom. The molecule has 2 aromatic carbocycles. The summed E-state index contributed by atoms with van der Waals surface area (Å²) in [6.45, 7) is 12.2. The molecule has 3 fully saturated rings. The van der Waals surface area contributed by atoms with Gasteiger partial charge >= 0.3 is 5.97 Å². The second kappa shape index (κ2) is 14.0. The fourth-order valence-electron chi connectivity index (χ4n) is 9.12. The molecule has 56 heavy (non-hydrogen) atoms. The van der Waals surface area contributed by atoms with E-state index in [9.17, 15) is 19.8 Å². The van der Waals surface area contributed by atoms with Crippen LogP contribution < -0.4 is 5.43 Å². The van der Waals surface area contributed by atoms with Crippen LogP contribution in [0.15, 0.2) is 39.6 Å². The number of carbonyl (C=O) groups is 3. The highest BCUT2D eigenvalue weighted by Crippen LogP contribution is 2.51. The van der Waals surface area contributed by atoms with Crippen molar-refractivity contribution >= 4 is 28.5 Å². The first-order valence-electron chi connectivity index (χ1n) is 19.2. The number of rotatable bonds is 7. The van der Waals surface area contributed by atoms with E-state index in [0.29, 0.717) is 11.1 Å². The number of aromatic hydroxyl groups is 1. The molecule has 0 bridgehead atoms. The van der Waals surface area contributed by atoms with Gasteiger partial charge in [0.25, 0.3) is 0 Å². The Hall–Kier alpha value is -4.24. The number of benzene rings is 2. The van der Waals surface area contributed by atoms with Gasteiger partial charge in [-0.15, -0.1) is 0 Å². The second-order valence-corrected chi connectivity index (χ2v) is 16.7. The molecule has 4 heterocycles. The van der Waals surface area contributed by atoms with E-state index in [-0.39, 0.29) is 69.5 Å². The van der Waals surface area contributed by atoms with Crippen molar-refractivity contribution in [1.82, 2.24) is 9.80 Å². The minimum atomic E-state index is -0.959. The van der Waals surface area contributed by atoms with Gasteiger partial charge in [0.2, 0.25) is 5.78 Å². The molecule has 4 aliphatic rings. The third kappa shape index (κ3) is 6.14. The Bertz CT molecular complexity index is 2240. The van der Waals surface area contributed by atoms with Gasteiger partial charge in [0.05, 0.1) is 52.6 Å². The first-order chi connectivity index (χ1) is 26.2. The third-order valence-electron chi connectivity index (χ3n) is 12.6. The Kier molecular flexibility index (Phi) is 9.99. The van der Waals surface area contributed by atoms with Crippen LogP contribution in [0.3, 0.4) is 0 Å². The van der Waals surface area contributed by atoms with Gasteiger partial charge < -0.3 is 43.4 Å². The lowest BCUT2D eigenvalue weighted by atomic mass is 9.74. The molecule has 0 amide bonds. The van der Waals surface area contributed by atoms with Gasteiger partial charge in [0.15, 0.2) is 16.8 Å². The van der Waals surface area contributed by atoms with Crippen LogP contribution in [0.1, 0.15) is 121 Å². The second-order valence-electron chi connectivity index (χ2n) is 16.7. The van der Waals surface area contributed by atoms with Gasteiger partial charge in [-0.25, -0.2) is 0 Å². The van der Waals surface area contributed by atoms with Crippen molar-refractivity contribution in [1.29, 1.82) is 0 Å². The molecule has 10 atom stereocenters. The summed E-state index contributed by atoms with van der Waals surface area (Å²) in [5.74, 6) is -1.93. The maximum Gasteiger partial charge on any atom is 0.303 e. The number of hydrogen-bond acceptors (Lipinski definition) is 13. The van der Waals surface area contributed by atoms with Gasteiger partial charge in [-0.3, -0.25) is 19.2 Å². The standard InChI is InChI=1S/C43H52N2O11/c1-12-13-30-43(7,56-30)31-17-27(47)32-19(2)14-25-34(40(32)55-31)39(51)35-33(38(25)50)23(28-16-26(44(8)9)36(48)20(3)52-28)15-24(37(35)49)29-18-42(6,45(10)11)41(21(4)53-29)54-22(5)46/h12-15,17,20-21,26,28-30,36,41,48-49H,16,18H2,1-11H3/b13-12-/t20-,21+,26-,28-,29-,30?,36-,41-,42+,43?/m1/s1. The highest BCUT2D eigenvalue weighted by molar-refractivity contribution is 6.33. The van der Waals surface area contributed by atoms with Crippen molar-refractivity contribution in [2.24, 2.45) is 0 Å². The normalized spacial score (nSPS) is 33.0. The van der Waals surface area contributed by atoms with Crippen molar-refractivity contribution in [3.8, 4) is 5.75 Å². The molecule has 1 aliphatic carbocycles. The number of fused-ring (bicyclic) bond motifs is 4. The molecule has 3 aliphatic heterocycles. The molecule has 13 heteroatoms. The average molecular weight is 773 g/mol. The zero-order valence-electron chi connectivity index (χ0n) is 33.9. The van der Waals surface area contributed by atoms with Crippen LogP contribution in [0.4, 0.5) is 0 Å². The van der Waals surface area contributed by atoms with Crippen LogP contribution in [0, 0.1) is 6.92 Å². The highest BCUT2D eigenvalue weighted by atomic mass is 16.6. The summed E-state index contributed by atoms with van der Waals surface area (Å²) < 4.78 is 31.1. The molecule has 3 aromatic rings. The smallest absolute Gasteiger partial charge is 0.303 e. The number of esters is 1. The molecule has 3 saturated heterocycles. The van der Waals surface area contributed by atoms with Gasteiger partial charge in [-0.05, 0) is 106 Å². The molecule has 0 radical (unpaired) electrons. The van der Waals surface area contributed by atoms with E-state index in [1.54, 1.807) is 33.8 Å². The lowest BCUT2D eigenvalue weighted by Crippen LogP contribution is -2.61. The predicted octanol–water partition coefficient (Wildman–Crippen LogP) is 5.02. The first-order valence-corrected chi connectivity index (χ1v) is 19.2. The molecular weight excluding hydrogens is 720 g/mol. The van der Waals surface area contributed by atoms with E-state index < -0.39 is 76.5 Å². The average Bonchev–Trinajstić information content (AvgIpc) is 3.78. The third-order valence-corrected chi connectivity index (χ3v) is 12.6. The lowest BCUT2D eigenvalue weighted by molar-refractivity contribution is -0.201. The minimum Gasteiger partial charge on any atom is -0.507 e. The Labute approximate surface area is 326 Å². The number of nitrogens with zero attached hydrogens (tertiary/aromatic N) is 2. The number of phenolic OH excluding ortho intramolecular Hbond substituents is 1. The molecule has 1 aromatic heterocycles. The van der Waals surface area contributed by atoms with Crippen LogP contribution in [0.5, 0.6) is 5.75 Å². The highest BCUT2D eigenvalue weighted by Gasteiger charge is 2.55. The number of ether oxygens (including phenoxy) is 4. The maximum absolute atomic E-state index is 15.2. The van der Waals surface area contributed by atoms with Crippen molar-refractivity contribution in [2.45, 2.75) is 121 Å². The molecule has 0 saturated carbocycles. The van der Waals surface area contributed by atoms with Gasteiger partial charge in [0, 0.05) is 35.7 Å². The van der Waals surface area contributed by atoms with E-state index in [0.717, 1.165) is 0 Å². The van der Waals surface area contributed by atoms with E-state index in [1.807, 2.05) is 64.0 Å². The van der Waals surface area contributed by atoms with Gasteiger partial charge in [-0.1, -0.05) is 12.2 Å². The Morgan fingerprint density at radius 3 is 2.25 bits per heavy atom. The summed E-state index contributed by atoms with van der Waals surface area (Å²) in [6, 6.07) is 4.22. The molecule has 2 N–H and O–H groups in total. The van der Waals surface area contributed by atoms with Crippen LogP contribution in [-0.4, -0.2) is 108 Å². The molecule has 300 valence electrons. The number of epoxide rings is 1. The number of aliphatic hydroxyl groups is 1. The van der Waals surface area contributed by atoms with Crippen molar-refractivity contribution in [3.05, 3.63) is 85.3 Å². The largest absolute Gasteiger partial charge is 0.507 e. The zero-order chi connectivity index (χ0) is 40.9. The van der Waals surface area contributed by atoms with Crippen molar-refractivity contribution < 1.29 is 48.0 Å². The number of aliphatic hydroxyl groups excluding tert-OH is 1. The summed E-state index contributed by atoms with van der Waals surface area (Å²) >= 11 is 0. The van der Waals surface area contributed by atoms with E-state index in [4.69, 9.17) is 23.4 Å². The van der Waals surface area contributed by atoms with E-state index >= 15 is 9.59 Å². The van der Waals surface area contributed by atoms with Crippen molar-refractivity contribution in [2.75, 3.05) is 28.2 Å². The van der Waals surface area contributed by atoms with Gasteiger partial charge in [0.1, 0.15) is 29.3 Å². The number of likely N-dealkylation sites (N-methyl/N-ethyl adjacent to an activating group) is 2. The molecule has 13 nitrogen and oxygen atoms in total. The fourth-order valence-corrected chi connectivity index (χ4v) is 9.12. The van der Waals surface area contributed by atoms with Crippen molar-refractivity contribution in [3.63, 3.8) is 0 Å². The number of allylic oxidation sites excluding steroid dienone is 1. The SMILES string of the molecule is C/C=C\C1OC1(C)c1cc(=O)c2c(C)cc3c(c2o1)C(=O)c1c(O)c([C@H]2C[C@](C)(N(C)C)[C@H](OC(C)=O)[C@H](C)O2)cc([C@H]2C[C@@H](N(C)C)[C@H](O)[C@@H](C)O2)c1C3=O. The van der Waals surface area contributed by atoms with Crippen LogP contribution >= 0.6 is 0 Å². The van der Waals surface area contributed by atoms with Gasteiger partial charge in [-0.2, -0.15) is 0 Å². The minimum absolute atomic E-state index is 0.0187. The fraction of sp³-hybridized carbons (Fsp3) is 0.535. The quantitative estimate of drug-likeness (QED) is 0.146.